The summed E-state index contributed by atoms with van der Waals surface area (Å²) in [5.41, 5.74) is 0.934. The van der Waals surface area contributed by atoms with Gasteiger partial charge in [0.25, 0.3) is 0 Å². The molecule has 9 heteroatoms. The van der Waals surface area contributed by atoms with E-state index in [2.05, 4.69) is 41.2 Å². The van der Waals surface area contributed by atoms with Gasteiger partial charge in [0.05, 0.1) is 24.0 Å². The molecule has 3 amide bonds. The maximum atomic E-state index is 13.6. The van der Waals surface area contributed by atoms with E-state index in [-0.39, 0.29) is 37.6 Å². The first-order chi connectivity index (χ1) is 22.1. The van der Waals surface area contributed by atoms with E-state index in [4.69, 9.17) is 12.8 Å². The number of amides is 3. The second kappa shape index (κ2) is 21.4. The largest absolute Gasteiger partial charge is 0.389 e. The zero-order chi connectivity index (χ0) is 33.9. The van der Waals surface area contributed by atoms with Gasteiger partial charge in [0.15, 0.2) is 0 Å². The minimum Gasteiger partial charge on any atom is -0.389 e. The molecule has 46 heavy (non-hydrogen) atoms. The summed E-state index contributed by atoms with van der Waals surface area (Å²) in [5.74, 6) is 2.98. The molecule has 2 rings (SSSR count). The van der Waals surface area contributed by atoms with Gasteiger partial charge in [-0.25, -0.2) is 0 Å². The normalized spacial score (nSPS) is 16.7. The van der Waals surface area contributed by atoms with Crippen molar-refractivity contribution in [3.05, 3.63) is 35.9 Å². The summed E-state index contributed by atoms with van der Waals surface area (Å²) >= 11 is 0. The number of hydrogen-bond donors (Lipinski definition) is 4. The molecule has 0 aliphatic heterocycles. The molecule has 0 saturated heterocycles. The van der Waals surface area contributed by atoms with Crippen molar-refractivity contribution in [3.8, 4) is 24.7 Å². The van der Waals surface area contributed by atoms with Crippen LogP contribution in [0.4, 0.5) is 0 Å². The lowest BCUT2D eigenvalue weighted by Gasteiger charge is -2.32. The second-order valence-corrected chi connectivity index (χ2v) is 12.6. The monoisotopic (exact) mass is 636 g/mol. The van der Waals surface area contributed by atoms with E-state index in [1.165, 1.54) is 6.42 Å². The van der Waals surface area contributed by atoms with Gasteiger partial charge in [-0.05, 0) is 37.4 Å². The Labute approximate surface area is 276 Å². The molecule has 254 valence electrons. The molecule has 0 bridgehead atoms. The van der Waals surface area contributed by atoms with Crippen molar-refractivity contribution in [1.82, 2.24) is 20.4 Å². The maximum absolute atomic E-state index is 13.6. The first-order valence-corrected chi connectivity index (χ1v) is 16.9. The Morgan fingerprint density at radius 3 is 2.20 bits per heavy atom. The van der Waals surface area contributed by atoms with E-state index in [9.17, 15) is 24.6 Å². The molecule has 1 fully saturated rings. The van der Waals surface area contributed by atoms with Crippen LogP contribution in [0.3, 0.4) is 0 Å². The number of rotatable bonds is 20. The van der Waals surface area contributed by atoms with Crippen LogP contribution in [0.5, 0.6) is 0 Å². The topological polar surface area (TPSA) is 122 Å². The van der Waals surface area contributed by atoms with Gasteiger partial charge in [-0.1, -0.05) is 76.3 Å². The third-order valence-corrected chi connectivity index (χ3v) is 9.22. The van der Waals surface area contributed by atoms with Crippen LogP contribution < -0.4 is 10.6 Å². The Kier molecular flexibility index (Phi) is 18.1. The SMILES string of the molecule is C#CC[C@H](CNC(=O)C(CC(=O)N(C)CCN(CC)CC)Cc1ccccc1)C(=O)NC(CC1CCCCC1)[C@@H](O)[C@@H](O)CC#C. The molecule has 0 heterocycles. The fraction of sp³-hybridized carbons (Fsp3) is 0.649. The van der Waals surface area contributed by atoms with Crippen molar-refractivity contribution >= 4 is 17.7 Å². The fourth-order valence-electron chi connectivity index (χ4n) is 6.12. The molecule has 2 unspecified atom stereocenters. The summed E-state index contributed by atoms with van der Waals surface area (Å²) in [5, 5.41) is 27.2. The van der Waals surface area contributed by atoms with Crippen molar-refractivity contribution in [1.29, 1.82) is 0 Å². The van der Waals surface area contributed by atoms with Crippen molar-refractivity contribution in [3.63, 3.8) is 0 Å². The van der Waals surface area contributed by atoms with Crippen LogP contribution in [0.1, 0.15) is 77.2 Å². The highest BCUT2D eigenvalue weighted by Crippen LogP contribution is 2.29. The number of carbonyl (C=O) groups is 3. The minimum absolute atomic E-state index is 0.0225. The number of hydrogen-bond acceptors (Lipinski definition) is 6. The lowest BCUT2D eigenvalue weighted by Crippen LogP contribution is -2.52. The Morgan fingerprint density at radius 1 is 0.935 bits per heavy atom. The number of terminal acetylenes is 2. The number of nitrogens with one attached hydrogen (secondary N) is 2. The predicted molar refractivity (Wildman–Crippen MR) is 182 cm³/mol. The molecule has 4 N–H and O–H groups in total. The van der Waals surface area contributed by atoms with Gasteiger partial charge in [-0.15, -0.1) is 24.7 Å². The van der Waals surface area contributed by atoms with Gasteiger partial charge >= 0.3 is 0 Å². The van der Waals surface area contributed by atoms with Gasteiger partial charge in [-0.3, -0.25) is 14.4 Å². The molecule has 1 aromatic carbocycles. The quantitative estimate of drug-likeness (QED) is 0.163. The van der Waals surface area contributed by atoms with Crippen LogP contribution >= 0.6 is 0 Å². The third-order valence-electron chi connectivity index (χ3n) is 9.22. The molecule has 0 radical (unpaired) electrons. The van der Waals surface area contributed by atoms with E-state index in [1.807, 2.05) is 30.3 Å². The van der Waals surface area contributed by atoms with Crippen molar-refractivity contribution in [2.75, 3.05) is 39.8 Å². The number of aliphatic hydroxyl groups is 2. The number of aliphatic hydroxyl groups excluding tert-OH is 2. The zero-order valence-electron chi connectivity index (χ0n) is 28.1. The summed E-state index contributed by atoms with van der Waals surface area (Å²) in [6, 6.07) is 8.84. The first-order valence-electron chi connectivity index (χ1n) is 16.9. The predicted octanol–water partition coefficient (Wildman–Crippen LogP) is 2.99. The first kappa shape index (κ1) is 38.8. The standard InChI is InChI=1S/C37H56N4O5/c1-6-16-30(37(46)39-32(35(44)33(42)17-7-2)25-29-20-14-11-15-21-29)27-38-36(45)31(24-28-18-12-10-13-19-28)26-34(43)40(5)22-23-41(8-3)9-4/h1-2,10,12-13,18-19,29-33,35,42,44H,8-9,11,14-17,20-27H2,3-5H3,(H,38,45)(H,39,46)/t30-,31?,32?,33+,35-/m1/s1. The van der Waals surface area contributed by atoms with Crippen LogP contribution in [0.25, 0.3) is 0 Å². The summed E-state index contributed by atoms with van der Waals surface area (Å²) in [6.45, 7) is 7.26. The smallest absolute Gasteiger partial charge is 0.226 e. The van der Waals surface area contributed by atoms with Crippen LogP contribution in [-0.4, -0.2) is 95.8 Å². The highest BCUT2D eigenvalue weighted by Gasteiger charge is 2.33. The molecule has 0 spiro atoms. The lowest BCUT2D eigenvalue weighted by atomic mass is 9.82. The maximum Gasteiger partial charge on any atom is 0.226 e. The minimum atomic E-state index is -1.23. The van der Waals surface area contributed by atoms with Gasteiger partial charge in [0, 0.05) is 45.9 Å². The van der Waals surface area contributed by atoms with E-state index in [1.54, 1.807) is 11.9 Å². The van der Waals surface area contributed by atoms with Crippen molar-refractivity contribution < 1.29 is 24.6 Å². The highest BCUT2D eigenvalue weighted by molar-refractivity contribution is 5.86. The fourth-order valence-corrected chi connectivity index (χ4v) is 6.12. The average Bonchev–Trinajstić information content (AvgIpc) is 3.06. The summed E-state index contributed by atoms with van der Waals surface area (Å²) in [4.78, 5) is 44.2. The Hall–Kier alpha value is -3.37. The summed E-state index contributed by atoms with van der Waals surface area (Å²) in [6.07, 6.45) is 14.9. The Morgan fingerprint density at radius 2 is 1.59 bits per heavy atom. The molecule has 1 aliphatic carbocycles. The number of benzene rings is 1. The van der Waals surface area contributed by atoms with E-state index >= 15 is 0 Å². The number of nitrogens with zero attached hydrogens (tertiary/aromatic N) is 2. The Bertz CT molecular complexity index is 1140. The molecule has 1 aromatic rings. The number of carbonyl (C=O) groups excluding carboxylic acids is 3. The lowest BCUT2D eigenvalue weighted by molar-refractivity contribution is -0.136. The molecule has 1 aliphatic rings. The summed E-state index contributed by atoms with van der Waals surface area (Å²) in [7, 11) is 1.76. The van der Waals surface area contributed by atoms with E-state index in [0.717, 1.165) is 50.9 Å². The van der Waals surface area contributed by atoms with Gasteiger partial charge < -0.3 is 30.6 Å². The van der Waals surface area contributed by atoms with Gasteiger partial charge in [0.1, 0.15) is 6.10 Å². The molecular formula is C37H56N4O5. The molecule has 1 saturated carbocycles. The Balaban J connectivity index is 2.13. The molecular weight excluding hydrogens is 580 g/mol. The highest BCUT2D eigenvalue weighted by atomic mass is 16.3. The molecule has 5 atom stereocenters. The average molecular weight is 637 g/mol. The van der Waals surface area contributed by atoms with Crippen LogP contribution in [-0.2, 0) is 20.8 Å². The third kappa shape index (κ3) is 13.5. The molecule has 9 nitrogen and oxygen atoms in total. The van der Waals surface area contributed by atoms with Crippen LogP contribution in [0.2, 0.25) is 0 Å². The van der Waals surface area contributed by atoms with Crippen LogP contribution in [0, 0.1) is 42.4 Å². The van der Waals surface area contributed by atoms with Gasteiger partial charge in [-0.2, -0.15) is 0 Å². The summed E-state index contributed by atoms with van der Waals surface area (Å²) < 4.78 is 0. The van der Waals surface area contributed by atoms with Gasteiger partial charge in [0.2, 0.25) is 17.7 Å². The number of likely N-dealkylation sites (N-methyl/N-ethyl adjacent to an activating group) is 2. The molecule has 0 aromatic heterocycles. The van der Waals surface area contributed by atoms with E-state index in [0.29, 0.717) is 25.3 Å². The zero-order valence-corrected chi connectivity index (χ0v) is 28.1. The van der Waals surface area contributed by atoms with E-state index < -0.39 is 36.0 Å². The van der Waals surface area contributed by atoms with Crippen molar-refractivity contribution in [2.45, 2.75) is 96.3 Å². The van der Waals surface area contributed by atoms with Crippen molar-refractivity contribution in [2.24, 2.45) is 17.8 Å². The second-order valence-electron chi connectivity index (χ2n) is 12.6. The van der Waals surface area contributed by atoms with Crippen LogP contribution in [0.15, 0.2) is 30.3 Å².